The Morgan fingerprint density at radius 3 is 2.05 bits per heavy atom. The van der Waals surface area contributed by atoms with E-state index in [0.717, 1.165) is 0 Å². The number of hydrogen-bond donors (Lipinski definition) is 1. The van der Waals surface area contributed by atoms with Gasteiger partial charge in [-0.05, 0) is 24.3 Å². The SMILES string of the molecule is NCC(=O)OS(=O)(=O)c1ccc(C(F)(F)F)cc1.[Na+]. The molecule has 0 spiro atoms. The zero-order valence-corrected chi connectivity index (χ0v) is 12.6. The third-order valence-electron chi connectivity index (χ3n) is 1.84. The molecule has 1 aromatic carbocycles. The van der Waals surface area contributed by atoms with E-state index >= 15 is 0 Å². The number of benzene rings is 1. The van der Waals surface area contributed by atoms with Crippen LogP contribution in [0.5, 0.6) is 0 Å². The number of halogens is 3. The van der Waals surface area contributed by atoms with E-state index < -0.39 is 39.3 Å². The van der Waals surface area contributed by atoms with E-state index in [1.807, 2.05) is 0 Å². The first-order valence-electron chi connectivity index (χ1n) is 4.51. The normalized spacial score (nSPS) is 11.6. The number of carbonyl (C=O) groups is 1. The topological polar surface area (TPSA) is 86.5 Å². The fourth-order valence-electron chi connectivity index (χ4n) is 1.02. The van der Waals surface area contributed by atoms with Gasteiger partial charge in [0, 0.05) is 0 Å². The summed E-state index contributed by atoms with van der Waals surface area (Å²) < 4.78 is 63.5. The van der Waals surface area contributed by atoms with Crippen LogP contribution in [0.1, 0.15) is 5.56 Å². The van der Waals surface area contributed by atoms with Gasteiger partial charge in [0.25, 0.3) is 0 Å². The van der Waals surface area contributed by atoms with E-state index in [9.17, 15) is 26.4 Å². The molecule has 0 saturated carbocycles. The Hall–Kier alpha value is -0.610. The molecule has 1 rings (SSSR count). The molecule has 0 radical (unpaired) electrons. The second kappa shape index (κ2) is 6.71. The predicted molar refractivity (Wildman–Crippen MR) is 53.8 cm³/mol. The molecular weight excluding hydrogens is 298 g/mol. The molecule has 100 valence electrons. The maximum Gasteiger partial charge on any atom is 1.00 e. The summed E-state index contributed by atoms with van der Waals surface area (Å²) in [5, 5.41) is 0. The van der Waals surface area contributed by atoms with Crippen molar-refractivity contribution in [2.24, 2.45) is 5.73 Å². The van der Waals surface area contributed by atoms with Crippen LogP contribution < -0.4 is 35.3 Å². The first kappa shape index (κ1) is 18.4. The quantitative estimate of drug-likeness (QED) is 0.511. The molecule has 0 fully saturated rings. The molecule has 0 amide bonds. The van der Waals surface area contributed by atoms with Crippen molar-refractivity contribution >= 4 is 16.1 Å². The van der Waals surface area contributed by atoms with Gasteiger partial charge >= 0.3 is 51.8 Å². The molecule has 0 aliphatic rings. The molecular formula is C9H8F3NNaO4S+. The Bertz CT molecular complexity index is 542. The van der Waals surface area contributed by atoms with Crippen LogP contribution in [0.15, 0.2) is 29.2 Å². The van der Waals surface area contributed by atoms with Crippen LogP contribution in [-0.2, 0) is 25.3 Å². The van der Waals surface area contributed by atoms with Crippen molar-refractivity contribution in [2.45, 2.75) is 11.1 Å². The van der Waals surface area contributed by atoms with Crippen LogP contribution in [0.25, 0.3) is 0 Å². The fraction of sp³-hybridized carbons (Fsp3) is 0.222. The average molecular weight is 306 g/mol. The molecule has 0 aliphatic heterocycles. The van der Waals surface area contributed by atoms with Gasteiger partial charge in [-0.1, -0.05) is 0 Å². The maximum atomic E-state index is 12.2. The van der Waals surface area contributed by atoms with Crippen molar-refractivity contribution in [3.05, 3.63) is 29.8 Å². The van der Waals surface area contributed by atoms with Gasteiger partial charge in [-0.25, -0.2) is 4.79 Å². The fourth-order valence-corrected chi connectivity index (χ4v) is 1.89. The van der Waals surface area contributed by atoms with E-state index in [1.54, 1.807) is 0 Å². The summed E-state index contributed by atoms with van der Waals surface area (Å²) in [6.07, 6.45) is -4.57. The second-order valence-electron chi connectivity index (χ2n) is 3.14. The average Bonchev–Trinajstić information content (AvgIpc) is 2.27. The van der Waals surface area contributed by atoms with Crippen molar-refractivity contribution in [2.75, 3.05) is 6.54 Å². The van der Waals surface area contributed by atoms with Crippen LogP contribution in [0.4, 0.5) is 13.2 Å². The summed E-state index contributed by atoms with van der Waals surface area (Å²) in [7, 11) is -4.43. The summed E-state index contributed by atoms with van der Waals surface area (Å²) >= 11 is 0. The molecule has 0 aliphatic carbocycles. The Balaban J connectivity index is 0.00000324. The predicted octanol–water partition coefficient (Wildman–Crippen LogP) is -2.10. The number of nitrogens with two attached hydrogens (primary N) is 1. The molecule has 0 aromatic heterocycles. The van der Waals surface area contributed by atoms with Crippen molar-refractivity contribution in [3.8, 4) is 0 Å². The molecule has 0 unspecified atom stereocenters. The molecule has 0 atom stereocenters. The minimum absolute atomic E-state index is 0. The molecule has 10 heteroatoms. The van der Waals surface area contributed by atoms with Crippen LogP contribution in [0, 0.1) is 0 Å². The Labute approximate surface area is 129 Å². The Kier molecular flexibility index (Phi) is 6.49. The summed E-state index contributed by atoms with van der Waals surface area (Å²) in [6.45, 7) is -0.653. The molecule has 1 aromatic rings. The van der Waals surface area contributed by atoms with Gasteiger partial charge in [0.2, 0.25) is 0 Å². The van der Waals surface area contributed by atoms with Gasteiger partial charge in [0.15, 0.2) is 0 Å². The van der Waals surface area contributed by atoms with E-state index in [2.05, 4.69) is 4.18 Å². The van der Waals surface area contributed by atoms with Gasteiger partial charge in [-0.2, -0.15) is 21.6 Å². The Morgan fingerprint density at radius 1 is 1.21 bits per heavy atom. The van der Waals surface area contributed by atoms with Crippen molar-refractivity contribution in [1.29, 1.82) is 0 Å². The van der Waals surface area contributed by atoms with Gasteiger partial charge in [0.1, 0.15) is 4.90 Å². The molecule has 0 heterocycles. The van der Waals surface area contributed by atoms with E-state index in [0.29, 0.717) is 24.3 Å². The van der Waals surface area contributed by atoms with Crippen LogP contribution in [-0.4, -0.2) is 20.9 Å². The largest absolute Gasteiger partial charge is 1.00 e. The van der Waals surface area contributed by atoms with Gasteiger partial charge in [-0.15, -0.1) is 0 Å². The zero-order valence-electron chi connectivity index (χ0n) is 9.77. The third kappa shape index (κ3) is 5.11. The molecule has 0 bridgehead atoms. The van der Waals surface area contributed by atoms with Crippen molar-refractivity contribution in [3.63, 3.8) is 0 Å². The number of alkyl halides is 3. The first-order valence-corrected chi connectivity index (χ1v) is 5.92. The maximum absolute atomic E-state index is 12.2. The minimum Gasteiger partial charge on any atom is -0.341 e. The molecule has 0 saturated heterocycles. The summed E-state index contributed by atoms with van der Waals surface area (Å²) in [4.78, 5) is 10.2. The zero-order chi connectivity index (χ0) is 14.0. The molecule has 2 N–H and O–H groups in total. The first-order chi connectivity index (χ1) is 8.16. The van der Waals surface area contributed by atoms with Gasteiger partial charge in [-0.3, -0.25) is 0 Å². The van der Waals surface area contributed by atoms with Crippen LogP contribution in [0.2, 0.25) is 0 Å². The number of carbonyl (C=O) groups excluding carboxylic acids is 1. The smallest absolute Gasteiger partial charge is 0.341 e. The van der Waals surface area contributed by atoms with E-state index in [4.69, 9.17) is 5.73 Å². The monoisotopic (exact) mass is 306 g/mol. The second-order valence-corrected chi connectivity index (χ2v) is 4.68. The third-order valence-corrected chi connectivity index (χ3v) is 3.09. The van der Waals surface area contributed by atoms with Gasteiger partial charge < -0.3 is 9.92 Å². The summed E-state index contributed by atoms with van der Waals surface area (Å²) in [6, 6.07) is 2.54. The summed E-state index contributed by atoms with van der Waals surface area (Å²) in [5.74, 6) is -1.20. The van der Waals surface area contributed by atoms with E-state index in [1.165, 1.54) is 0 Å². The van der Waals surface area contributed by atoms with E-state index in [-0.39, 0.29) is 29.6 Å². The number of hydrogen-bond acceptors (Lipinski definition) is 5. The van der Waals surface area contributed by atoms with Crippen molar-refractivity contribution in [1.82, 2.24) is 0 Å². The van der Waals surface area contributed by atoms with Crippen LogP contribution >= 0.6 is 0 Å². The number of rotatable bonds is 3. The molecule has 19 heavy (non-hydrogen) atoms. The standard InChI is InChI=1S/C9H8F3NO4S.Na/c10-9(11,12)6-1-3-7(4-2-6)18(15,16)17-8(14)5-13;/h1-4H,5,13H2;/q;+1. The van der Waals surface area contributed by atoms with Crippen molar-refractivity contribution < 1.29 is 60.1 Å². The minimum atomic E-state index is -4.57. The summed E-state index contributed by atoms with van der Waals surface area (Å²) in [5.41, 5.74) is 3.84. The van der Waals surface area contributed by atoms with Crippen LogP contribution in [0.3, 0.4) is 0 Å². The Morgan fingerprint density at radius 2 is 1.68 bits per heavy atom. The van der Waals surface area contributed by atoms with Gasteiger partial charge in [0.05, 0.1) is 12.1 Å². The molecule has 5 nitrogen and oxygen atoms in total.